The van der Waals surface area contributed by atoms with E-state index in [1.165, 1.54) is 30.7 Å². The van der Waals surface area contributed by atoms with Gasteiger partial charge in [0.1, 0.15) is 6.04 Å². The Morgan fingerprint density at radius 1 is 1.28 bits per heavy atom. The molecule has 1 unspecified atom stereocenters. The van der Waals surface area contributed by atoms with E-state index in [2.05, 4.69) is 5.32 Å². The quantitative estimate of drug-likeness (QED) is 0.590. The van der Waals surface area contributed by atoms with E-state index in [9.17, 15) is 18.3 Å². The van der Waals surface area contributed by atoms with Crippen molar-refractivity contribution in [2.75, 3.05) is 20.8 Å². The molecule has 0 spiro atoms. The largest absolute Gasteiger partial charge is 0.493 e. The molecule has 29 heavy (non-hydrogen) atoms. The fourth-order valence-electron chi connectivity index (χ4n) is 3.77. The smallest absolute Gasteiger partial charge is 0.320 e. The molecule has 0 radical (unpaired) electrons. The average Bonchev–Trinajstić information content (AvgIpc) is 2.70. The Bertz CT molecular complexity index is 813. The standard InChI is InChI=1S/C20H32N2O6S/c1-5-6-9-16(19(23)24)21-20(2)12-7-8-13-22(20)29(25,26)15-10-11-17(27-3)18(14-15)28-4/h10-11,14,16,21H,5-9,12-13H2,1-4H3,(H,23,24)/t16-,20?/m0/s1. The van der Waals surface area contributed by atoms with Crippen molar-refractivity contribution in [3.8, 4) is 11.5 Å². The van der Waals surface area contributed by atoms with Crippen LogP contribution < -0.4 is 14.8 Å². The van der Waals surface area contributed by atoms with Crippen LogP contribution >= 0.6 is 0 Å². The van der Waals surface area contributed by atoms with Crippen LogP contribution in [0.15, 0.2) is 23.1 Å². The first kappa shape index (κ1) is 23.4. The zero-order valence-electron chi connectivity index (χ0n) is 17.6. The molecular weight excluding hydrogens is 396 g/mol. The maximum Gasteiger partial charge on any atom is 0.320 e. The minimum Gasteiger partial charge on any atom is -0.493 e. The molecule has 1 aliphatic rings. The molecule has 2 rings (SSSR count). The summed E-state index contributed by atoms with van der Waals surface area (Å²) in [5.41, 5.74) is -0.985. The molecule has 0 bridgehead atoms. The minimum absolute atomic E-state index is 0.0884. The molecule has 0 aliphatic carbocycles. The van der Waals surface area contributed by atoms with Crippen LogP contribution in [0.3, 0.4) is 0 Å². The summed E-state index contributed by atoms with van der Waals surface area (Å²) in [6, 6.07) is 3.68. The summed E-state index contributed by atoms with van der Waals surface area (Å²) in [5, 5.41) is 12.8. The molecule has 9 heteroatoms. The molecule has 2 atom stereocenters. The molecule has 1 fully saturated rings. The van der Waals surface area contributed by atoms with Gasteiger partial charge in [0.2, 0.25) is 10.0 Å². The lowest BCUT2D eigenvalue weighted by Gasteiger charge is -2.45. The summed E-state index contributed by atoms with van der Waals surface area (Å²) >= 11 is 0. The third-order valence-corrected chi connectivity index (χ3v) is 7.41. The molecule has 8 nitrogen and oxygen atoms in total. The first-order valence-electron chi connectivity index (χ1n) is 9.95. The van der Waals surface area contributed by atoms with Crippen molar-refractivity contribution < 1.29 is 27.8 Å². The highest BCUT2D eigenvalue weighted by atomic mass is 32.2. The molecule has 0 aromatic heterocycles. The summed E-state index contributed by atoms with van der Waals surface area (Å²) in [5.74, 6) is -0.197. The van der Waals surface area contributed by atoms with E-state index in [1.54, 1.807) is 13.0 Å². The molecule has 0 saturated carbocycles. The summed E-state index contributed by atoms with van der Waals surface area (Å²) < 4.78 is 38.8. The van der Waals surface area contributed by atoms with Crippen LogP contribution in [0.5, 0.6) is 11.5 Å². The van der Waals surface area contributed by atoms with Crippen molar-refractivity contribution in [3.63, 3.8) is 0 Å². The molecule has 0 amide bonds. The van der Waals surface area contributed by atoms with Crippen LogP contribution in [0, 0.1) is 0 Å². The number of methoxy groups -OCH3 is 2. The second-order valence-electron chi connectivity index (χ2n) is 7.50. The average molecular weight is 429 g/mol. The molecule has 164 valence electrons. The molecule has 2 N–H and O–H groups in total. The van der Waals surface area contributed by atoms with Gasteiger partial charge in [-0.3, -0.25) is 10.1 Å². The van der Waals surface area contributed by atoms with Gasteiger partial charge in [0.25, 0.3) is 0 Å². The Kier molecular flexibility index (Phi) is 7.90. The molecule has 1 aromatic rings. The summed E-state index contributed by atoms with van der Waals surface area (Å²) in [6.07, 6.45) is 4.15. The highest BCUT2D eigenvalue weighted by Crippen LogP contribution is 2.35. The number of rotatable bonds is 10. The van der Waals surface area contributed by atoms with Gasteiger partial charge < -0.3 is 14.6 Å². The maximum absolute atomic E-state index is 13.5. The molecule has 1 heterocycles. The molecular formula is C20H32N2O6S. The van der Waals surface area contributed by atoms with Gasteiger partial charge in [-0.05, 0) is 44.7 Å². The number of ether oxygens (including phenoxy) is 2. The van der Waals surface area contributed by atoms with Gasteiger partial charge in [-0.1, -0.05) is 19.8 Å². The second kappa shape index (κ2) is 9.77. The van der Waals surface area contributed by atoms with Crippen LogP contribution in [0.25, 0.3) is 0 Å². The van der Waals surface area contributed by atoms with E-state index >= 15 is 0 Å². The van der Waals surface area contributed by atoms with Gasteiger partial charge in [0.05, 0.1) is 24.8 Å². The van der Waals surface area contributed by atoms with Crippen LogP contribution in [-0.2, 0) is 14.8 Å². The number of sulfonamides is 1. The summed E-state index contributed by atoms with van der Waals surface area (Å²) in [6.45, 7) is 4.09. The molecule has 1 aliphatic heterocycles. The Hall–Kier alpha value is -1.84. The first-order chi connectivity index (χ1) is 13.7. The van der Waals surface area contributed by atoms with Crippen LogP contribution in [-0.4, -0.2) is 56.3 Å². The van der Waals surface area contributed by atoms with E-state index in [4.69, 9.17) is 9.47 Å². The number of carbonyl (C=O) groups is 1. The lowest BCUT2D eigenvalue weighted by Crippen LogP contribution is -2.64. The van der Waals surface area contributed by atoms with Gasteiger partial charge >= 0.3 is 5.97 Å². The van der Waals surface area contributed by atoms with Crippen molar-refractivity contribution >= 4 is 16.0 Å². The van der Waals surface area contributed by atoms with Gasteiger partial charge in [0.15, 0.2) is 11.5 Å². The second-order valence-corrected chi connectivity index (χ2v) is 9.36. The van der Waals surface area contributed by atoms with Crippen molar-refractivity contribution in [1.29, 1.82) is 0 Å². The monoisotopic (exact) mass is 428 g/mol. The number of piperidine rings is 1. The molecule has 1 aromatic carbocycles. The van der Waals surface area contributed by atoms with E-state index < -0.39 is 27.7 Å². The summed E-state index contributed by atoms with van der Waals surface area (Å²) in [7, 11) is -0.940. The van der Waals surface area contributed by atoms with Crippen LogP contribution in [0.1, 0.15) is 52.4 Å². The number of carboxylic acid groups (broad SMARTS) is 1. The highest BCUT2D eigenvalue weighted by molar-refractivity contribution is 7.89. The van der Waals surface area contributed by atoms with Gasteiger partial charge in [0, 0.05) is 12.6 Å². The number of aliphatic carboxylic acids is 1. The normalized spacial score (nSPS) is 21.5. The number of benzene rings is 1. The van der Waals surface area contributed by atoms with E-state index in [0.717, 1.165) is 25.7 Å². The fraction of sp³-hybridized carbons (Fsp3) is 0.650. The number of nitrogens with one attached hydrogen (secondary N) is 1. The Morgan fingerprint density at radius 3 is 2.55 bits per heavy atom. The lowest BCUT2D eigenvalue weighted by atomic mass is 9.97. The zero-order valence-corrected chi connectivity index (χ0v) is 18.4. The predicted molar refractivity (Wildman–Crippen MR) is 110 cm³/mol. The Balaban J connectivity index is 2.39. The first-order valence-corrected chi connectivity index (χ1v) is 11.4. The minimum atomic E-state index is -3.88. The Labute approximate surface area is 173 Å². The highest BCUT2D eigenvalue weighted by Gasteiger charge is 2.44. The fourth-order valence-corrected chi connectivity index (χ4v) is 5.57. The van der Waals surface area contributed by atoms with Crippen molar-refractivity contribution in [2.24, 2.45) is 0 Å². The molecule has 1 saturated heterocycles. The third kappa shape index (κ3) is 5.21. The number of hydrogen-bond acceptors (Lipinski definition) is 6. The maximum atomic E-state index is 13.5. The Morgan fingerprint density at radius 2 is 1.97 bits per heavy atom. The van der Waals surface area contributed by atoms with E-state index in [0.29, 0.717) is 30.9 Å². The van der Waals surface area contributed by atoms with Crippen LogP contribution in [0.4, 0.5) is 0 Å². The zero-order chi connectivity index (χ0) is 21.7. The van der Waals surface area contributed by atoms with Crippen molar-refractivity contribution in [1.82, 2.24) is 9.62 Å². The van der Waals surface area contributed by atoms with E-state index in [1.807, 2.05) is 6.92 Å². The third-order valence-electron chi connectivity index (χ3n) is 5.40. The van der Waals surface area contributed by atoms with Gasteiger partial charge in [-0.15, -0.1) is 0 Å². The number of nitrogens with zero attached hydrogens (tertiary/aromatic N) is 1. The summed E-state index contributed by atoms with van der Waals surface area (Å²) in [4.78, 5) is 11.8. The SMILES string of the molecule is CCCC[C@H](NC1(C)CCCCN1S(=O)(=O)c1ccc(OC)c(OC)c1)C(=O)O. The topological polar surface area (TPSA) is 105 Å². The number of unbranched alkanes of at least 4 members (excludes halogenated alkanes) is 1. The van der Waals surface area contributed by atoms with Gasteiger partial charge in [-0.25, -0.2) is 8.42 Å². The van der Waals surface area contributed by atoms with Crippen molar-refractivity contribution in [3.05, 3.63) is 18.2 Å². The lowest BCUT2D eigenvalue weighted by molar-refractivity contribution is -0.141. The van der Waals surface area contributed by atoms with Crippen molar-refractivity contribution in [2.45, 2.75) is 69.0 Å². The predicted octanol–water partition coefficient (Wildman–Crippen LogP) is 2.83. The number of carboxylic acids is 1. The number of hydrogen-bond donors (Lipinski definition) is 2. The van der Waals surface area contributed by atoms with Gasteiger partial charge in [-0.2, -0.15) is 4.31 Å². The van der Waals surface area contributed by atoms with Crippen LogP contribution in [0.2, 0.25) is 0 Å². The van der Waals surface area contributed by atoms with E-state index in [-0.39, 0.29) is 4.90 Å².